The zero-order valence-electron chi connectivity index (χ0n) is 72.2. The lowest BCUT2D eigenvalue weighted by Gasteiger charge is -2.31. The van der Waals surface area contributed by atoms with Gasteiger partial charge in [-0.2, -0.15) is 18.4 Å². The van der Waals surface area contributed by atoms with Crippen LogP contribution in [0.25, 0.3) is 42.9 Å². The van der Waals surface area contributed by atoms with Gasteiger partial charge in [-0.1, -0.05) is 301 Å². The van der Waals surface area contributed by atoms with Crippen LogP contribution >= 0.6 is 22.9 Å². The van der Waals surface area contributed by atoms with Crippen LogP contribution < -0.4 is 0 Å². The van der Waals surface area contributed by atoms with E-state index in [0.717, 1.165) is 52.4 Å². The summed E-state index contributed by atoms with van der Waals surface area (Å²) in [6, 6.07) is 73.8. The quantitative estimate of drug-likeness (QED) is 0.0274. The summed E-state index contributed by atoms with van der Waals surface area (Å²) < 4.78 is 45.1. The molecule has 15 nitrogen and oxygen atoms in total. The van der Waals surface area contributed by atoms with Gasteiger partial charge in [0.05, 0.1) is 28.0 Å². The van der Waals surface area contributed by atoms with Gasteiger partial charge in [-0.05, 0) is 175 Å². The van der Waals surface area contributed by atoms with Crippen molar-refractivity contribution >= 4 is 65.8 Å². The Bertz CT molecular complexity index is 3800. The van der Waals surface area contributed by atoms with Gasteiger partial charge in [-0.15, -0.1) is 22.9 Å². The van der Waals surface area contributed by atoms with Crippen LogP contribution in [0, 0.1) is 11.3 Å². The Balaban J connectivity index is -0.000000223. The molecule has 20 heteroatoms. The van der Waals surface area contributed by atoms with E-state index in [0.29, 0.717) is 28.7 Å². The summed E-state index contributed by atoms with van der Waals surface area (Å²) >= 11 is 8.06. The predicted octanol–water partition coefficient (Wildman–Crippen LogP) is 28.5. The van der Waals surface area contributed by atoms with Gasteiger partial charge in [0.15, 0.2) is 0 Å². The minimum absolute atomic E-state index is 0.0561. The number of furan rings is 1. The summed E-state index contributed by atoms with van der Waals surface area (Å²) in [6.07, 6.45) is 4.18. The van der Waals surface area contributed by atoms with Crippen molar-refractivity contribution in [1.29, 1.82) is 5.26 Å². The second-order valence-corrected chi connectivity index (χ2v) is 26.8. The summed E-state index contributed by atoms with van der Waals surface area (Å²) in [6.45, 7) is 43.3. The normalized spacial score (nSPS) is 11.9. The van der Waals surface area contributed by atoms with Crippen molar-refractivity contribution in [2.45, 2.75) is 235 Å². The van der Waals surface area contributed by atoms with Crippen LogP contribution in [0.2, 0.25) is 0 Å². The lowest BCUT2D eigenvalue weighted by Crippen LogP contribution is -2.38. The number of hydrogen-bond acceptors (Lipinski definition) is 15. The maximum atomic E-state index is 12.8. The van der Waals surface area contributed by atoms with Crippen LogP contribution in [0.1, 0.15) is 247 Å². The fraction of sp³-hybridized carbons (Fsp3) is 0.430. The van der Waals surface area contributed by atoms with E-state index in [1.165, 1.54) is 110 Å². The van der Waals surface area contributed by atoms with E-state index in [4.69, 9.17) is 83.8 Å². The Morgan fingerprint density at radius 2 is 0.841 bits per heavy atom. The highest BCUT2D eigenvalue weighted by Gasteiger charge is 2.50. The van der Waals surface area contributed by atoms with Crippen LogP contribution in [0.4, 0.5) is 13.2 Å². The van der Waals surface area contributed by atoms with Crippen molar-refractivity contribution < 1.29 is 80.1 Å². The molecule has 0 aliphatic heterocycles. The number of alkyl halides is 4. The fourth-order valence-electron chi connectivity index (χ4n) is 10.2. The molecule has 0 saturated carbocycles. The Morgan fingerprint density at radius 3 is 1.26 bits per heavy atom. The standard InChI is InChI=1S/C16H17N.C12H14O.C12H14S.C11H13F3.C11H13N.C11H16.C10H13Cl.3C2H6.4CH4O.4H2O2/c1-3-11(2)12-8-6-10-15-16(12)13-7-4-5-9-14(13)17-15;1-3-9(2)11-5-4-10-6-7-13-12(10)8-11;1-3-9(2)10-4-5-12-11(8-10)6-7-13-12;1-3-10(2,11(12,13)14)9-7-5-4-6-8-9;1-3-11(2,9-12)10-7-5-4-6-8-10;1-4-11(2,3)10-8-6-5-7-9-10;1-3-10(2,11)9-7-5-4-6-8-9;11*1-2/h4-11,17H,3H2,1-2H3;2*4-9H,3H2,1-2H3;4-8H,3H2,1-2H3;4-8H,3H2,1-2H3;5-9H,4H2,1-3H3;4-8H,3H2,1-2H3;3*1-2H3;4*2H,1H3;4*1-2H. The Kier molecular flexibility index (Phi) is 75.3. The summed E-state index contributed by atoms with van der Waals surface area (Å²) in [5.41, 5.74) is 10.1. The van der Waals surface area contributed by atoms with Crippen LogP contribution in [0.3, 0.4) is 0 Å². The summed E-state index contributed by atoms with van der Waals surface area (Å²) in [7, 11) is 4.00. The number of halogens is 4. The number of aromatic amines is 1. The molecule has 8 aromatic carbocycles. The molecule has 0 saturated heterocycles. The molecule has 6 unspecified atom stereocenters. The SMILES string of the molecule is CC.CC.CC.CCC(C)(C#N)c1ccccc1.CCC(C)(C)c1ccccc1.CCC(C)(Cl)c1ccccc1.CCC(C)(c1ccccc1)C(F)(F)F.CCC(C)c1ccc2ccoc2c1.CCC(C)c1ccc2sccc2c1.CCC(C)c1cccc2[nH]c3ccccc3c12.CO.CO.CO.CO.OO.OO.OO.OO. The second-order valence-electron chi connectivity index (χ2n) is 25.0. The number of nitrogens with one attached hydrogen (secondary N) is 1. The molecule has 636 valence electrons. The van der Waals surface area contributed by atoms with E-state index >= 15 is 0 Å². The Hall–Kier alpha value is -7.85. The third-order valence-electron chi connectivity index (χ3n) is 18.6. The van der Waals surface area contributed by atoms with E-state index < -0.39 is 11.6 Å². The predicted molar refractivity (Wildman–Crippen MR) is 477 cm³/mol. The topological polar surface area (TPSA) is 295 Å². The maximum Gasteiger partial charge on any atom is 0.398 e. The van der Waals surface area contributed by atoms with Crippen molar-refractivity contribution in [2.24, 2.45) is 0 Å². The Morgan fingerprint density at radius 1 is 0.434 bits per heavy atom. The van der Waals surface area contributed by atoms with Gasteiger partial charge in [0.25, 0.3) is 0 Å². The smallest absolute Gasteiger partial charge is 0.398 e. The monoisotopic (exact) mass is 1620 g/mol. The highest BCUT2D eigenvalue weighted by molar-refractivity contribution is 7.17. The van der Waals surface area contributed by atoms with E-state index in [-0.39, 0.29) is 16.7 Å². The molecular formula is C93H142ClF3N2O13S. The number of nitriles is 1. The van der Waals surface area contributed by atoms with Gasteiger partial charge in [0.2, 0.25) is 0 Å². The molecule has 11 aromatic rings. The van der Waals surface area contributed by atoms with Crippen LogP contribution in [-0.2, 0) is 21.1 Å². The number of hydrogen-bond donors (Lipinski definition) is 13. The first-order chi connectivity index (χ1) is 54.4. The van der Waals surface area contributed by atoms with Gasteiger partial charge in [-0.3, -0.25) is 42.1 Å². The van der Waals surface area contributed by atoms with Gasteiger partial charge >= 0.3 is 6.18 Å². The van der Waals surface area contributed by atoms with Crippen molar-refractivity contribution in [3.8, 4) is 6.07 Å². The summed E-state index contributed by atoms with van der Waals surface area (Å²) in [5, 5.41) is 92.5. The molecule has 6 atom stereocenters. The molecule has 0 bridgehead atoms. The van der Waals surface area contributed by atoms with Crippen LogP contribution in [0.15, 0.2) is 228 Å². The minimum Gasteiger partial charge on any atom is -0.464 e. The maximum absolute atomic E-state index is 12.8. The number of aliphatic hydroxyl groups excluding tert-OH is 4. The summed E-state index contributed by atoms with van der Waals surface area (Å²) in [4.78, 5) is 3.30. The van der Waals surface area contributed by atoms with Crippen LogP contribution in [0.5, 0.6) is 0 Å². The number of H-pyrrole nitrogens is 1. The van der Waals surface area contributed by atoms with Crippen molar-refractivity contribution in [1.82, 2.24) is 4.98 Å². The van der Waals surface area contributed by atoms with Gasteiger partial charge in [0, 0.05) is 60.3 Å². The van der Waals surface area contributed by atoms with E-state index in [1.807, 2.05) is 128 Å². The lowest BCUT2D eigenvalue weighted by atomic mass is 9.79. The van der Waals surface area contributed by atoms with E-state index in [2.05, 4.69) is 213 Å². The second kappa shape index (κ2) is 71.9. The van der Waals surface area contributed by atoms with Crippen molar-refractivity contribution in [3.05, 3.63) is 263 Å². The number of rotatable bonds is 14. The molecule has 0 amide bonds. The minimum atomic E-state index is -4.19. The first-order valence-electron chi connectivity index (χ1n) is 38.3. The number of thiophene rings is 1. The largest absolute Gasteiger partial charge is 0.464 e. The molecule has 0 fully saturated rings. The third-order valence-corrected chi connectivity index (χ3v) is 20.0. The average molecular weight is 1620 g/mol. The molecule has 0 radical (unpaired) electrons. The fourth-order valence-corrected chi connectivity index (χ4v) is 11.1. The highest BCUT2D eigenvalue weighted by Crippen LogP contribution is 2.43. The van der Waals surface area contributed by atoms with Gasteiger partial charge in [-0.25, -0.2) is 0 Å². The third kappa shape index (κ3) is 41.8. The number of fused-ring (bicyclic) bond motifs is 5. The molecule has 3 heterocycles. The first-order valence-corrected chi connectivity index (χ1v) is 39.6. The molecule has 13 N–H and O–H groups in total. The van der Waals surface area contributed by atoms with Crippen molar-refractivity contribution in [2.75, 3.05) is 28.4 Å². The lowest BCUT2D eigenvalue weighted by molar-refractivity contribution is -0.186. The number of benzene rings is 8. The van der Waals surface area contributed by atoms with E-state index in [1.54, 1.807) is 31.4 Å². The molecule has 0 spiro atoms. The molecule has 3 aromatic heterocycles. The van der Waals surface area contributed by atoms with Gasteiger partial charge in [0.1, 0.15) is 5.58 Å². The van der Waals surface area contributed by atoms with E-state index in [9.17, 15) is 13.2 Å². The zero-order chi connectivity index (χ0) is 88.8. The molecule has 113 heavy (non-hydrogen) atoms. The van der Waals surface area contributed by atoms with Crippen LogP contribution in [-0.4, -0.2) is 102 Å². The number of aliphatic hydroxyl groups is 4. The molecular weight excluding hydrogens is 1480 g/mol. The summed E-state index contributed by atoms with van der Waals surface area (Å²) in [5.74, 6) is 1.91. The molecule has 11 rings (SSSR count). The highest BCUT2D eigenvalue weighted by atomic mass is 35.5. The number of nitrogens with zero attached hydrogens (tertiary/aromatic N) is 1. The average Bonchev–Trinajstić information content (AvgIpc) is 1.70. The van der Waals surface area contributed by atoms with Gasteiger partial charge < -0.3 is 29.8 Å². The first kappa shape index (κ1) is 118. The molecule has 0 aliphatic rings. The molecule has 0 aliphatic carbocycles. The number of aromatic nitrogens is 1. The Labute approximate surface area is 685 Å². The zero-order valence-corrected chi connectivity index (χ0v) is 73.8. The van der Waals surface area contributed by atoms with Crippen molar-refractivity contribution in [3.63, 3.8) is 0 Å². The number of para-hydroxylation sites is 1.